The number of rotatable bonds is 16. The average Bonchev–Trinajstić information content (AvgIpc) is 2.76. The number of alkyl halides is 4. The Morgan fingerprint density at radius 2 is 0.844 bits per heavy atom. The van der Waals surface area contributed by atoms with E-state index in [0.717, 1.165) is 0 Å². The monoisotopic (exact) mass is 726 g/mol. The van der Waals surface area contributed by atoms with Gasteiger partial charge in [-0.3, -0.25) is 4.79 Å². The number of halogens is 4. The highest BCUT2D eigenvalue weighted by atomic mass is 79.9. The molecule has 0 aliphatic heterocycles. The summed E-state index contributed by atoms with van der Waals surface area (Å²) >= 11 is 12.1. The lowest BCUT2D eigenvalue weighted by Crippen LogP contribution is -2.56. The number of carbonyl (C=O) groups is 1. The Balaban J connectivity index is 4.81. The molecule has 0 aliphatic rings. The van der Waals surface area contributed by atoms with Gasteiger partial charge in [0.15, 0.2) is 0 Å². The van der Waals surface area contributed by atoms with Gasteiger partial charge >= 0.3 is 5.97 Å². The fourth-order valence-electron chi connectivity index (χ4n) is 2.70. The van der Waals surface area contributed by atoms with Crippen LogP contribution >= 0.6 is 63.7 Å². The van der Waals surface area contributed by atoms with Gasteiger partial charge in [0.25, 0.3) is 0 Å². The van der Waals surface area contributed by atoms with Crippen molar-refractivity contribution in [3.63, 3.8) is 0 Å². The van der Waals surface area contributed by atoms with Crippen molar-refractivity contribution in [3.05, 3.63) is 0 Å². The second-order valence-electron chi connectivity index (χ2n) is 7.38. The highest BCUT2D eigenvalue weighted by Crippen LogP contribution is 2.23. The number of carboxylic acid groups (broad SMARTS) is 1. The molecule has 0 rings (SSSR count). The topological polar surface area (TPSA) is 219 Å². The Labute approximate surface area is 218 Å². The molecule has 0 aromatic rings. The molecule has 12 atom stereocenters. The van der Waals surface area contributed by atoms with Gasteiger partial charge in [-0.25, -0.2) is 0 Å². The molecular weight excluding hydrogens is 700 g/mol. The molecule has 32 heavy (non-hydrogen) atoms. The summed E-state index contributed by atoms with van der Waals surface area (Å²) in [5, 5.41) is 97.6. The SMILES string of the molecule is O=C(O)C(Br)C(Br)CCC(O)C(O)C(O)C(O)C(O)C(O)C(O)C(O)CCC(Br)C(O)Br. The van der Waals surface area contributed by atoms with Crippen LogP contribution in [0, 0.1) is 0 Å². The second-order valence-corrected chi connectivity index (χ2v) is 11.7. The molecule has 0 bridgehead atoms. The van der Waals surface area contributed by atoms with Crippen molar-refractivity contribution in [2.24, 2.45) is 0 Å². The number of hydrogen-bond donors (Lipinski definition) is 10. The summed E-state index contributed by atoms with van der Waals surface area (Å²) in [5.74, 6) is -1.15. The number of hydrogen-bond acceptors (Lipinski definition) is 10. The second kappa shape index (κ2) is 15.9. The van der Waals surface area contributed by atoms with Crippen molar-refractivity contribution >= 4 is 69.7 Å². The van der Waals surface area contributed by atoms with Crippen LogP contribution in [0.2, 0.25) is 0 Å². The van der Waals surface area contributed by atoms with Crippen LogP contribution in [0.5, 0.6) is 0 Å². The summed E-state index contributed by atoms with van der Waals surface area (Å²) in [6, 6.07) is 0. The average molecular weight is 730 g/mol. The van der Waals surface area contributed by atoms with E-state index in [-0.39, 0.29) is 25.7 Å². The van der Waals surface area contributed by atoms with Gasteiger partial charge in [-0.2, -0.15) is 0 Å². The maximum atomic E-state index is 10.9. The molecule has 15 heteroatoms. The molecule has 0 amide bonds. The van der Waals surface area contributed by atoms with E-state index in [9.17, 15) is 50.8 Å². The van der Waals surface area contributed by atoms with E-state index in [4.69, 9.17) is 5.11 Å². The van der Waals surface area contributed by atoms with E-state index in [1.54, 1.807) is 0 Å². The Kier molecular flexibility index (Phi) is 16.4. The lowest BCUT2D eigenvalue weighted by Gasteiger charge is -2.33. The third kappa shape index (κ3) is 10.7. The highest BCUT2D eigenvalue weighted by Gasteiger charge is 2.41. The van der Waals surface area contributed by atoms with Crippen molar-refractivity contribution in [3.8, 4) is 0 Å². The van der Waals surface area contributed by atoms with E-state index in [1.807, 2.05) is 0 Å². The zero-order valence-electron chi connectivity index (χ0n) is 16.6. The molecule has 12 unspecified atom stereocenters. The normalized spacial score (nSPS) is 23.7. The van der Waals surface area contributed by atoms with Gasteiger partial charge in [-0.15, -0.1) is 0 Å². The molecule has 0 spiro atoms. The summed E-state index contributed by atoms with van der Waals surface area (Å²) in [6.07, 6.45) is -15.7. The molecule has 0 fully saturated rings. The minimum absolute atomic E-state index is 0.0665. The maximum Gasteiger partial charge on any atom is 0.318 e. The van der Waals surface area contributed by atoms with Gasteiger partial charge in [0.2, 0.25) is 0 Å². The van der Waals surface area contributed by atoms with E-state index in [1.165, 1.54) is 0 Å². The van der Waals surface area contributed by atoms with Gasteiger partial charge in [-0.05, 0) is 25.7 Å². The molecule has 0 aliphatic carbocycles. The Hall–Kier alpha value is 1.03. The van der Waals surface area contributed by atoms with E-state index >= 15 is 0 Å². The largest absolute Gasteiger partial charge is 0.480 e. The molecule has 0 heterocycles. The summed E-state index contributed by atoms with van der Waals surface area (Å²) in [5.41, 5.74) is 0. The minimum Gasteiger partial charge on any atom is -0.480 e. The fraction of sp³-hybridized carbons (Fsp3) is 0.941. The van der Waals surface area contributed by atoms with Crippen molar-refractivity contribution < 1.29 is 55.9 Å². The van der Waals surface area contributed by atoms with E-state index in [2.05, 4.69) is 63.7 Å². The van der Waals surface area contributed by atoms with Crippen LogP contribution in [0.1, 0.15) is 25.7 Å². The van der Waals surface area contributed by atoms with Gasteiger partial charge in [0.05, 0.1) is 17.0 Å². The first-order chi connectivity index (χ1) is 14.6. The maximum absolute atomic E-state index is 10.9. The molecule has 0 radical (unpaired) electrons. The first-order valence-electron chi connectivity index (χ1n) is 9.55. The summed E-state index contributed by atoms with van der Waals surface area (Å²) in [7, 11) is 0. The molecule has 192 valence electrons. The Morgan fingerprint density at radius 1 is 0.531 bits per heavy atom. The van der Waals surface area contributed by atoms with Crippen LogP contribution in [0.15, 0.2) is 0 Å². The van der Waals surface area contributed by atoms with Crippen molar-refractivity contribution in [2.75, 3.05) is 0 Å². The zero-order valence-corrected chi connectivity index (χ0v) is 23.0. The van der Waals surface area contributed by atoms with Crippen LogP contribution in [0.4, 0.5) is 0 Å². The standard InChI is InChI=1S/C17H30Br4O11/c18-5(9(20)17(31)32)1-3-7(22)10(24)12(26)14(28)15(29)13(27)11(25)8(23)4-2-6(19)16(21)30/h5-16,22-30H,1-4H2,(H,31,32). The predicted octanol–water partition coefficient (Wildman–Crippen LogP) is -1.48. The van der Waals surface area contributed by atoms with E-state index < -0.39 is 74.3 Å². The van der Waals surface area contributed by atoms with Gasteiger partial charge in [0.1, 0.15) is 46.5 Å². The molecule has 10 N–H and O–H groups in total. The molecule has 0 saturated carbocycles. The molecular formula is C17H30Br4O11. The summed E-state index contributed by atoms with van der Waals surface area (Å²) < 4.78 is 0. The molecule has 0 aromatic carbocycles. The van der Waals surface area contributed by atoms with E-state index in [0.29, 0.717) is 0 Å². The molecule has 11 nitrogen and oxygen atoms in total. The lowest BCUT2D eigenvalue weighted by atomic mass is 9.91. The highest BCUT2D eigenvalue weighted by molar-refractivity contribution is 9.12. The van der Waals surface area contributed by atoms with Gasteiger partial charge in [-0.1, -0.05) is 63.7 Å². The van der Waals surface area contributed by atoms with Crippen molar-refractivity contribution in [1.29, 1.82) is 0 Å². The lowest BCUT2D eigenvalue weighted by molar-refractivity contribution is -0.177. The number of aliphatic hydroxyl groups excluding tert-OH is 9. The smallest absolute Gasteiger partial charge is 0.318 e. The number of aliphatic carboxylic acids is 1. The molecule has 0 saturated heterocycles. The first kappa shape index (κ1) is 33.0. The van der Waals surface area contributed by atoms with Gasteiger partial charge < -0.3 is 51.1 Å². The summed E-state index contributed by atoms with van der Waals surface area (Å²) in [4.78, 5) is 8.85. The Morgan fingerprint density at radius 3 is 1.16 bits per heavy atom. The number of aliphatic hydroxyl groups is 9. The zero-order chi connectivity index (χ0) is 25.3. The fourth-order valence-corrected chi connectivity index (χ4v) is 3.99. The van der Waals surface area contributed by atoms with Crippen LogP contribution in [-0.2, 0) is 4.79 Å². The predicted molar refractivity (Wildman–Crippen MR) is 127 cm³/mol. The van der Waals surface area contributed by atoms with Gasteiger partial charge in [0, 0.05) is 4.83 Å². The van der Waals surface area contributed by atoms with Crippen molar-refractivity contribution in [2.45, 2.75) is 94.0 Å². The number of carboxylic acids is 1. The third-order valence-corrected chi connectivity index (χ3v) is 9.90. The van der Waals surface area contributed by atoms with Crippen molar-refractivity contribution in [1.82, 2.24) is 0 Å². The first-order valence-corrected chi connectivity index (χ1v) is 13.2. The van der Waals surface area contributed by atoms with Crippen LogP contribution in [-0.4, -0.2) is 125 Å². The van der Waals surface area contributed by atoms with Crippen LogP contribution in [0.25, 0.3) is 0 Å². The Bertz CT molecular complexity index is 547. The van der Waals surface area contributed by atoms with Crippen LogP contribution in [0.3, 0.4) is 0 Å². The molecule has 0 aromatic heterocycles. The third-order valence-electron chi connectivity index (χ3n) is 4.87. The van der Waals surface area contributed by atoms with Crippen LogP contribution < -0.4 is 0 Å². The quantitative estimate of drug-likeness (QED) is 0.0827. The minimum atomic E-state index is -2.20. The summed E-state index contributed by atoms with van der Waals surface area (Å²) in [6.45, 7) is 0.